The van der Waals surface area contributed by atoms with E-state index in [1.165, 1.54) is 18.4 Å². The van der Waals surface area contributed by atoms with Gasteiger partial charge in [-0.25, -0.2) is 0 Å². The minimum absolute atomic E-state index is 0.526. The quantitative estimate of drug-likeness (QED) is 0.863. The van der Waals surface area contributed by atoms with E-state index >= 15 is 0 Å². The zero-order valence-corrected chi connectivity index (χ0v) is 11.2. The molecule has 0 aliphatic carbocycles. The minimum Gasteiger partial charge on any atom is -0.493 e. The van der Waals surface area contributed by atoms with Crippen molar-refractivity contribution in [1.29, 1.82) is 0 Å². The third-order valence-electron chi connectivity index (χ3n) is 3.60. The standard InChI is InChI=1S/C14H22N2O2/c1-17-13-6-5-11(8-14(13)18-2)10-16-7-3-4-12(16)9-15/h5-6,8,12H,3-4,7,9-10,15H2,1-2H3. The normalized spacial score (nSPS) is 20.1. The van der Waals surface area contributed by atoms with Gasteiger partial charge in [0.25, 0.3) is 0 Å². The van der Waals surface area contributed by atoms with Crippen LogP contribution in [0.1, 0.15) is 18.4 Å². The van der Waals surface area contributed by atoms with Crippen molar-refractivity contribution in [2.24, 2.45) is 5.73 Å². The molecule has 1 aromatic rings. The Morgan fingerprint density at radius 3 is 2.72 bits per heavy atom. The van der Waals surface area contributed by atoms with Crippen LogP contribution >= 0.6 is 0 Å². The molecule has 1 saturated heterocycles. The summed E-state index contributed by atoms with van der Waals surface area (Å²) < 4.78 is 10.6. The number of hydrogen-bond donors (Lipinski definition) is 1. The van der Waals surface area contributed by atoms with Gasteiger partial charge in [-0.3, -0.25) is 4.90 Å². The maximum Gasteiger partial charge on any atom is 0.161 e. The van der Waals surface area contributed by atoms with Crippen LogP contribution in [0.4, 0.5) is 0 Å². The fraction of sp³-hybridized carbons (Fsp3) is 0.571. The number of likely N-dealkylation sites (tertiary alicyclic amines) is 1. The fourth-order valence-electron chi connectivity index (χ4n) is 2.58. The molecule has 1 aliphatic heterocycles. The van der Waals surface area contributed by atoms with E-state index in [4.69, 9.17) is 15.2 Å². The molecule has 1 fully saturated rings. The Hall–Kier alpha value is -1.26. The van der Waals surface area contributed by atoms with E-state index in [-0.39, 0.29) is 0 Å². The Kier molecular flexibility index (Phi) is 4.44. The third kappa shape index (κ3) is 2.76. The lowest BCUT2D eigenvalue weighted by atomic mass is 10.1. The first-order valence-corrected chi connectivity index (χ1v) is 6.43. The predicted molar refractivity (Wildman–Crippen MR) is 72.0 cm³/mol. The highest BCUT2D eigenvalue weighted by Gasteiger charge is 2.23. The Labute approximate surface area is 109 Å². The summed E-state index contributed by atoms with van der Waals surface area (Å²) in [5.41, 5.74) is 7.04. The van der Waals surface area contributed by atoms with Crippen LogP contribution in [0.3, 0.4) is 0 Å². The summed E-state index contributed by atoms with van der Waals surface area (Å²) >= 11 is 0. The van der Waals surface area contributed by atoms with Crippen LogP contribution in [0.2, 0.25) is 0 Å². The second-order valence-corrected chi connectivity index (χ2v) is 4.69. The summed E-state index contributed by atoms with van der Waals surface area (Å²) in [6.45, 7) is 2.81. The number of nitrogens with zero attached hydrogens (tertiary/aromatic N) is 1. The molecule has 2 rings (SSSR count). The van der Waals surface area contributed by atoms with Gasteiger partial charge >= 0.3 is 0 Å². The first kappa shape index (κ1) is 13.2. The van der Waals surface area contributed by atoms with Crippen molar-refractivity contribution in [3.05, 3.63) is 23.8 Å². The molecular formula is C14H22N2O2. The molecule has 18 heavy (non-hydrogen) atoms. The van der Waals surface area contributed by atoms with Gasteiger partial charge in [0, 0.05) is 19.1 Å². The minimum atomic E-state index is 0.526. The van der Waals surface area contributed by atoms with Gasteiger partial charge in [-0.05, 0) is 37.1 Å². The van der Waals surface area contributed by atoms with Gasteiger partial charge < -0.3 is 15.2 Å². The van der Waals surface area contributed by atoms with Crippen molar-refractivity contribution in [2.75, 3.05) is 27.3 Å². The molecule has 0 amide bonds. The van der Waals surface area contributed by atoms with Gasteiger partial charge in [0.2, 0.25) is 0 Å². The Balaban J connectivity index is 2.09. The van der Waals surface area contributed by atoms with Crippen molar-refractivity contribution in [2.45, 2.75) is 25.4 Å². The van der Waals surface area contributed by atoms with E-state index in [0.717, 1.165) is 31.1 Å². The second-order valence-electron chi connectivity index (χ2n) is 4.69. The van der Waals surface area contributed by atoms with Crippen LogP contribution < -0.4 is 15.2 Å². The highest BCUT2D eigenvalue weighted by molar-refractivity contribution is 5.42. The first-order valence-electron chi connectivity index (χ1n) is 6.43. The van der Waals surface area contributed by atoms with E-state index in [1.54, 1.807) is 14.2 Å². The van der Waals surface area contributed by atoms with Crippen molar-refractivity contribution in [3.63, 3.8) is 0 Å². The highest BCUT2D eigenvalue weighted by atomic mass is 16.5. The molecule has 0 radical (unpaired) electrons. The summed E-state index contributed by atoms with van der Waals surface area (Å²) in [6, 6.07) is 6.62. The maximum absolute atomic E-state index is 5.79. The molecular weight excluding hydrogens is 228 g/mol. The van der Waals surface area contributed by atoms with E-state index < -0.39 is 0 Å². The highest BCUT2D eigenvalue weighted by Crippen LogP contribution is 2.29. The monoisotopic (exact) mass is 250 g/mol. The third-order valence-corrected chi connectivity index (χ3v) is 3.60. The van der Waals surface area contributed by atoms with Crippen LogP contribution in [-0.4, -0.2) is 38.3 Å². The molecule has 2 N–H and O–H groups in total. The summed E-state index contributed by atoms with van der Waals surface area (Å²) in [5, 5.41) is 0. The Morgan fingerprint density at radius 1 is 1.28 bits per heavy atom. The average Bonchev–Trinajstić information content (AvgIpc) is 2.85. The molecule has 1 heterocycles. The Morgan fingerprint density at radius 2 is 2.06 bits per heavy atom. The number of ether oxygens (including phenoxy) is 2. The molecule has 0 spiro atoms. The lowest BCUT2D eigenvalue weighted by Gasteiger charge is -2.23. The van der Waals surface area contributed by atoms with Crippen LogP contribution in [0.15, 0.2) is 18.2 Å². The molecule has 1 atom stereocenters. The van der Waals surface area contributed by atoms with Crippen molar-refractivity contribution >= 4 is 0 Å². The van der Waals surface area contributed by atoms with Gasteiger partial charge in [-0.15, -0.1) is 0 Å². The van der Waals surface area contributed by atoms with E-state index in [9.17, 15) is 0 Å². The van der Waals surface area contributed by atoms with Gasteiger partial charge in [0.15, 0.2) is 11.5 Å². The van der Waals surface area contributed by atoms with Crippen molar-refractivity contribution < 1.29 is 9.47 Å². The van der Waals surface area contributed by atoms with Crippen molar-refractivity contribution in [3.8, 4) is 11.5 Å². The van der Waals surface area contributed by atoms with E-state index in [2.05, 4.69) is 11.0 Å². The largest absolute Gasteiger partial charge is 0.493 e. The molecule has 100 valence electrons. The number of methoxy groups -OCH3 is 2. The van der Waals surface area contributed by atoms with Crippen LogP contribution in [-0.2, 0) is 6.54 Å². The van der Waals surface area contributed by atoms with Gasteiger partial charge in [0.05, 0.1) is 14.2 Å². The molecule has 4 heteroatoms. The summed E-state index contributed by atoms with van der Waals surface area (Å²) in [6.07, 6.45) is 2.46. The zero-order chi connectivity index (χ0) is 13.0. The average molecular weight is 250 g/mol. The molecule has 1 aromatic carbocycles. The van der Waals surface area contributed by atoms with E-state index in [0.29, 0.717) is 6.04 Å². The summed E-state index contributed by atoms with van der Waals surface area (Å²) in [4.78, 5) is 2.45. The maximum atomic E-state index is 5.79. The number of benzene rings is 1. The smallest absolute Gasteiger partial charge is 0.161 e. The number of rotatable bonds is 5. The zero-order valence-electron chi connectivity index (χ0n) is 11.2. The molecule has 0 saturated carbocycles. The molecule has 0 bridgehead atoms. The molecule has 1 unspecified atom stereocenters. The summed E-state index contributed by atoms with van der Waals surface area (Å²) in [5.74, 6) is 1.57. The van der Waals surface area contributed by atoms with Crippen molar-refractivity contribution in [1.82, 2.24) is 4.90 Å². The lowest BCUT2D eigenvalue weighted by molar-refractivity contribution is 0.249. The topological polar surface area (TPSA) is 47.7 Å². The summed E-state index contributed by atoms with van der Waals surface area (Å²) in [7, 11) is 3.32. The molecule has 1 aliphatic rings. The second kappa shape index (κ2) is 6.07. The Bertz CT molecular complexity index is 395. The SMILES string of the molecule is COc1ccc(CN2CCCC2CN)cc1OC. The first-order chi connectivity index (χ1) is 8.78. The lowest BCUT2D eigenvalue weighted by Crippen LogP contribution is -2.34. The molecule has 0 aromatic heterocycles. The molecule has 4 nitrogen and oxygen atoms in total. The van der Waals surface area contributed by atoms with Crippen LogP contribution in [0.25, 0.3) is 0 Å². The number of hydrogen-bond acceptors (Lipinski definition) is 4. The van der Waals surface area contributed by atoms with Gasteiger partial charge in [-0.2, -0.15) is 0 Å². The van der Waals surface area contributed by atoms with Crippen LogP contribution in [0.5, 0.6) is 11.5 Å². The van der Waals surface area contributed by atoms with Gasteiger partial charge in [-0.1, -0.05) is 6.07 Å². The number of nitrogens with two attached hydrogens (primary N) is 1. The van der Waals surface area contributed by atoms with E-state index in [1.807, 2.05) is 12.1 Å². The predicted octanol–water partition coefficient (Wildman–Crippen LogP) is 1.63. The van der Waals surface area contributed by atoms with Gasteiger partial charge in [0.1, 0.15) is 0 Å². The fourth-order valence-corrected chi connectivity index (χ4v) is 2.58. The van der Waals surface area contributed by atoms with Crippen LogP contribution in [0, 0.1) is 0 Å².